The Hall–Kier alpha value is -4.26. The topological polar surface area (TPSA) is 88.3 Å². The third-order valence-electron chi connectivity index (χ3n) is 5.92. The van der Waals surface area contributed by atoms with Crippen LogP contribution in [0.2, 0.25) is 0 Å². The number of aromatic nitrogens is 2. The molecule has 34 heavy (non-hydrogen) atoms. The lowest BCUT2D eigenvalue weighted by Crippen LogP contribution is -2.28. The maximum Gasteiger partial charge on any atom is 0.258 e. The van der Waals surface area contributed by atoms with Crippen molar-refractivity contribution in [3.63, 3.8) is 0 Å². The van der Waals surface area contributed by atoms with Gasteiger partial charge in [-0.05, 0) is 49.7 Å². The lowest BCUT2D eigenvalue weighted by atomic mass is 10.1. The van der Waals surface area contributed by atoms with Crippen LogP contribution in [0.3, 0.4) is 0 Å². The number of anilines is 2. The van der Waals surface area contributed by atoms with Crippen molar-refractivity contribution in [2.45, 2.75) is 20.3 Å². The smallest absolute Gasteiger partial charge is 0.258 e. The number of hydrogen-bond acceptors (Lipinski definition) is 5. The van der Waals surface area contributed by atoms with Crippen LogP contribution < -0.4 is 10.2 Å². The van der Waals surface area contributed by atoms with E-state index in [9.17, 15) is 9.59 Å². The quantitative estimate of drug-likeness (QED) is 0.460. The number of hydrogen-bond donors (Lipinski definition) is 1. The molecule has 0 unspecified atom stereocenters. The highest BCUT2D eigenvalue weighted by molar-refractivity contribution is 6.03. The predicted molar refractivity (Wildman–Crippen MR) is 130 cm³/mol. The Bertz CT molecular complexity index is 1360. The number of rotatable bonds is 5. The van der Waals surface area contributed by atoms with E-state index < -0.39 is 5.92 Å². The molecule has 4 aromatic rings. The van der Waals surface area contributed by atoms with Gasteiger partial charge in [-0.1, -0.05) is 53.2 Å². The highest BCUT2D eigenvalue weighted by Crippen LogP contribution is 2.28. The average Bonchev–Trinajstić information content (AvgIpc) is 3.47. The van der Waals surface area contributed by atoms with E-state index in [2.05, 4.69) is 15.5 Å². The van der Waals surface area contributed by atoms with Crippen LogP contribution in [0.1, 0.15) is 17.5 Å². The summed E-state index contributed by atoms with van der Waals surface area (Å²) in [4.78, 5) is 31.7. The van der Waals surface area contributed by atoms with Gasteiger partial charge in [0.05, 0.1) is 5.92 Å². The van der Waals surface area contributed by atoms with Crippen molar-refractivity contribution in [1.29, 1.82) is 0 Å². The third kappa shape index (κ3) is 4.45. The fourth-order valence-electron chi connectivity index (χ4n) is 4.06. The van der Waals surface area contributed by atoms with Gasteiger partial charge in [0.15, 0.2) is 0 Å². The highest BCUT2D eigenvalue weighted by atomic mass is 16.5. The number of nitrogens with zero attached hydrogens (tertiary/aromatic N) is 3. The fourth-order valence-corrected chi connectivity index (χ4v) is 4.06. The summed E-state index contributed by atoms with van der Waals surface area (Å²) >= 11 is 0. The normalized spacial score (nSPS) is 15.5. The molecule has 2 heterocycles. The Morgan fingerprint density at radius 2 is 1.76 bits per heavy atom. The van der Waals surface area contributed by atoms with Gasteiger partial charge in [-0.3, -0.25) is 9.59 Å². The number of amides is 2. The predicted octanol–water partition coefficient (Wildman–Crippen LogP) is 5.01. The van der Waals surface area contributed by atoms with E-state index in [4.69, 9.17) is 4.52 Å². The second-order valence-corrected chi connectivity index (χ2v) is 8.60. The van der Waals surface area contributed by atoms with E-state index in [0.29, 0.717) is 29.5 Å². The second kappa shape index (κ2) is 8.94. The van der Waals surface area contributed by atoms with Crippen molar-refractivity contribution in [3.8, 4) is 22.8 Å². The first-order valence-electron chi connectivity index (χ1n) is 11.2. The third-order valence-corrected chi connectivity index (χ3v) is 5.92. The van der Waals surface area contributed by atoms with Crippen LogP contribution >= 0.6 is 0 Å². The summed E-state index contributed by atoms with van der Waals surface area (Å²) in [6, 6.07) is 22.9. The Balaban J connectivity index is 1.28. The number of carbonyl (C=O) groups excluding carboxylic acids is 2. The summed E-state index contributed by atoms with van der Waals surface area (Å²) < 4.78 is 5.46. The van der Waals surface area contributed by atoms with Crippen LogP contribution in [0.4, 0.5) is 11.4 Å². The molecule has 170 valence electrons. The van der Waals surface area contributed by atoms with Crippen LogP contribution in [0, 0.1) is 19.8 Å². The maximum absolute atomic E-state index is 12.9. The van der Waals surface area contributed by atoms with Gasteiger partial charge in [-0.2, -0.15) is 4.98 Å². The molecule has 1 atom stereocenters. The molecule has 0 radical (unpaired) electrons. The highest BCUT2D eigenvalue weighted by Gasteiger charge is 2.35. The molecule has 1 aromatic heterocycles. The number of aryl methyl sites for hydroxylation is 2. The average molecular weight is 453 g/mol. The summed E-state index contributed by atoms with van der Waals surface area (Å²) in [6.07, 6.45) is 0.184. The molecule has 2 amide bonds. The Labute approximate surface area is 197 Å². The van der Waals surface area contributed by atoms with E-state index in [0.717, 1.165) is 22.4 Å². The van der Waals surface area contributed by atoms with Crippen LogP contribution in [0.5, 0.6) is 0 Å². The van der Waals surface area contributed by atoms with Crippen LogP contribution in [0.15, 0.2) is 77.3 Å². The lowest BCUT2D eigenvalue weighted by molar-refractivity contribution is -0.122. The molecular formula is C27H24N4O3. The summed E-state index contributed by atoms with van der Waals surface area (Å²) in [6.45, 7) is 4.36. The Kier molecular flexibility index (Phi) is 5.67. The van der Waals surface area contributed by atoms with Crippen LogP contribution in [-0.4, -0.2) is 28.5 Å². The first kappa shape index (κ1) is 21.6. The minimum atomic E-state index is -0.423. The zero-order chi connectivity index (χ0) is 23.7. The number of nitrogens with one attached hydrogen (secondary N) is 1. The Morgan fingerprint density at radius 3 is 2.56 bits per heavy atom. The van der Waals surface area contributed by atoms with Gasteiger partial charge >= 0.3 is 0 Å². The van der Waals surface area contributed by atoms with Crippen molar-refractivity contribution in [3.05, 3.63) is 83.9 Å². The van der Waals surface area contributed by atoms with Crippen LogP contribution in [0.25, 0.3) is 22.8 Å². The molecule has 3 aromatic carbocycles. The van der Waals surface area contributed by atoms with E-state index in [1.165, 1.54) is 0 Å². The summed E-state index contributed by atoms with van der Waals surface area (Å²) in [5.41, 5.74) is 5.23. The number of benzene rings is 3. The molecule has 1 saturated heterocycles. The molecule has 1 aliphatic rings. The van der Waals surface area contributed by atoms with Gasteiger partial charge in [0.1, 0.15) is 0 Å². The van der Waals surface area contributed by atoms with Crippen molar-refractivity contribution in [2.75, 3.05) is 16.8 Å². The molecule has 7 heteroatoms. The van der Waals surface area contributed by atoms with Gasteiger partial charge in [-0.15, -0.1) is 0 Å². The minimum absolute atomic E-state index is 0.0472. The number of carbonyl (C=O) groups is 2. The molecule has 1 N–H and O–H groups in total. The van der Waals surface area contributed by atoms with E-state index in [-0.39, 0.29) is 18.2 Å². The fraction of sp³-hybridized carbons (Fsp3) is 0.185. The zero-order valence-corrected chi connectivity index (χ0v) is 19.0. The van der Waals surface area contributed by atoms with Crippen molar-refractivity contribution in [2.24, 2.45) is 5.92 Å². The minimum Gasteiger partial charge on any atom is -0.334 e. The monoisotopic (exact) mass is 452 g/mol. The van der Waals surface area contributed by atoms with Gasteiger partial charge in [-0.25, -0.2) is 0 Å². The first-order chi connectivity index (χ1) is 16.5. The van der Waals surface area contributed by atoms with Crippen molar-refractivity contribution < 1.29 is 14.1 Å². The van der Waals surface area contributed by atoms with E-state index >= 15 is 0 Å². The van der Waals surface area contributed by atoms with Crippen molar-refractivity contribution >= 4 is 23.2 Å². The largest absolute Gasteiger partial charge is 0.334 e. The van der Waals surface area contributed by atoms with Gasteiger partial charge in [0, 0.05) is 35.5 Å². The molecular weight excluding hydrogens is 428 g/mol. The van der Waals surface area contributed by atoms with Crippen molar-refractivity contribution in [1.82, 2.24) is 10.1 Å². The molecule has 0 spiro atoms. The first-order valence-corrected chi connectivity index (χ1v) is 11.2. The Morgan fingerprint density at radius 1 is 0.971 bits per heavy atom. The summed E-state index contributed by atoms with van der Waals surface area (Å²) in [7, 11) is 0. The zero-order valence-electron chi connectivity index (χ0n) is 19.0. The summed E-state index contributed by atoms with van der Waals surface area (Å²) in [5, 5.41) is 7.02. The van der Waals surface area contributed by atoms with E-state index in [1.54, 1.807) is 17.0 Å². The second-order valence-electron chi connectivity index (χ2n) is 8.60. The van der Waals surface area contributed by atoms with Gasteiger partial charge in [0.25, 0.3) is 5.89 Å². The lowest BCUT2D eigenvalue weighted by Gasteiger charge is -2.17. The molecule has 0 aliphatic carbocycles. The van der Waals surface area contributed by atoms with Crippen LogP contribution in [-0.2, 0) is 9.59 Å². The van der Waals surface area contributed by atoms with E-state index in [1.807, 2.05) is 74.5 Å². The molecule has 7 nitrogen and oxygen atoms in total. The van der Waals surface area contributed by atoms with Gasteiger partial charge in [0.2, 0.25) is 17.6 Å². The SMILES string of the molecule is Cc1ccc(-c2noc(-c3cccc(NC(=O)[C@@H]4CC(=O)N(c5cccc(C)c5)C4)c3)n2)cc1. The molecule has 1 aliphatic heterocycles. The standard InChI is InChI=1S/C27H24N4O3/c1-17-9-11-19(12-10-17)25-29-27(34-30-25)20-6-4-7-22(14-20)28-26(33)21-15-24(32)31(16-21)23-8-3-5-18(2)13-23/h3-14,21H,15-16H2,1-2H3,(H,28,33)/t21-/m1/s1. The van der Waals surface area contributed by atoms with Gasteiger partial charge < -0.3 is 14.7 Å². The molecule has 5 rings (SSSR count). The summed E-state index contributed by atoms with van der Waals surface area (Å²) in [5.74, 6) is 0.215. The molecule has 0 bridgehead atoms. The maximum atomic E-state index is 12.9. The molecule has 1 fully saturated rings. The molecule has 0 saturated carbocycles.